The highest BCUT2D eigenvalue weighted by Crippen LogP contribution is 2.04. The third-order valence-corrected chi connectivity index (χ3v) is 1.59. The van der Waals surface area contributed by atoms with Crippen molar-refractivity contribution in [2.75, 3.05) is 0 Å². The molecule has 0 heterocycles. The summed E-state index contributed by atoms with van der Waals surface area (Å²) < 4.78 is 12.5. The van der Waals surface area contributed by atoms with E-state index in [1.807, 2.05) is 32.1 Å². The summed E-state index contributed by atoms with van der Waals surface area (Å²) in [4.78, 5) is 0. The van der Waals surface area contributed by atoms with Crippen LogP contribution < -0.4 is 0 Å². The molecule has 1 aromatic carbocycles. The minimum atomic E-state index is -0.195. The first-order valence-corrected chi connectivity index (χ1v) is 4.25. The van der Waals surface area contributed by atoms with Crippen LogP contribution in [0.25, 0.3) is 6.08 Å². The van der Waals surface area contributed by atoms with E-state index in [2.05, 4.69) is 0 Å². The van der Waals surface area contributed by atoms with Crippen molar-refractivity contribution < 1.29 is 4.39 Å². The Kier molecular flexibility index (Phi) is 3.44. The molecule has 13 heavy (non-hydrogen) atoms. The number of hydrogen-bond acceptors (Lipinski definition) is 0. The lowest BCUT2D eigenvalue weighted by Gasteiger charge is -1.91. The van der Waals surface area contributed by atoms with E-state index in [9.17, 15) is 4.39 Å². The second kappa shape index (κ2) is 4.61. The largest absolute Gasteiger partial charge is 0.207 e. The lowest BCUT2D eigenvalue weighted by Crippen LogP contribution is -1.73. The molecule has 0 saturated carbocycles. The van der Waals surface area contributed by atoms with E-state index in [1.165, 1.54) is 17.7 Å². The van der Waals surface area contributed by atoms with Crippen molar-refractivity contribution in [2.45, 2.75) is 13.8 Å². The van der Waals surface area contributed by atoms with Gasteiger partial charge in [0.05, 0.1) is 0 Å². The van der Waals surface area contributed by atoms with Crippen molar-refractivity contribution in [2.24, 2.45) is 0 Å². The van der Waals surface area contributed by atoms with Crippen LogP contribution in [0.15, 0.2) is 42.0 Å². The van der Waals surface area contributed by atoms with Gasteiger partial charge in [0.1, 0.15) is 5.82 Å². The standard InChI is InChI=1S/C12H13F/c1-10(2)4-3-5-11-6-8-12(13)9-7-11/h3-9H,1-2H3/b5-3-. The van der Waals surface area contributed by atoms with Crippen LogP contribution >= 0.6 is 0 Å². The van der Waals surface area contributed by atoms with Crippen LogP contribution in [0.2, 0.25) is 0 Å². The fourth-order valence-electron chi connectivity index (χ4n) is 0.926. The molecule has 0 N–H and O–H groups in total. The van der Waals surface area contributed by atoms with Crippen LogP contribution in [-0.2, 0) is 0 Å². The Morgan fingerprint density at radius 1 is 1.15 bits per heavy atom. The lowest BCUT2D eigenvalue weighted by atomic mass is 10.2. The third kappa shape index (κ3) is 3.70. The number of rotatable bonds is 2. The second-order valence-corrected chi connectivity index (χ2v) is 3.15. The van der Waals surface area contributed by atoms with E-state index >= 15 is 0 Å². The van der Waals surface area contributed by atoms with Gasteiger partial charge in [0.15, 0.2) is 0 Å². The Morgan fingerprint density at radius 3 is 2.31 bits per heavy atom. The summed E-state index contributed by atoms with van der Waals surface area (Å²) in [5, 5.41) is 0. The molecule has 0 aliphatic heterocycles. The SMILES string of the molecule is CC(C)=C/C=C\c1ccc(F)cc1. The molecular weight excluding hydrogens is 163 g/mol. The highest BCUT2D eigenvalue weighted by molar-refractivity contribution is 5.50. The Bertz CT molecular complexity index is 313. The van der Waals surface area contributed by atoms with Crippen LogP contribution in [0.1, 0.15) is 19.4 Å². The van der Waals surface area contributed by atoms with Gasteiger partial charge in [-0.3, -0.25) is 0 Å². The maximum atomic E-state index is 12.5. The zero-order valence-corrected chi connectivity index (χ0v) is 7.92. The van der Waals surface area contributed by atoms with Crippen LogP contribution in [0, 0.1) is 5.82 Å². The third-order valence-electron chi connectivity index (χ3n) is 1.59. The molecule has 0 fully saturated rings. The highest BCUT2D eigenvalue weighted by Gasteiger charge is 1.87. The highest BCUT2D eigenvalue weighted by atomic mass is 19.1. The van der Waals surface area contributed by atoms with Gasteiger partial charge >= 0.3 is 0 Å². The molecule has 0 aliphatic rings. The molecule has 0 bridgehead atoms. The van der Waals surface area contributed by atoms with E-state index in [-0.39, 0.29) is 5.82 Å². The molecule has 1 aromatic rings. The normalized spacial score (nSPS) is 10.4. The van der Waals surface area contributed by atoms with Crippen LogP contribution in [0.5, 0.6) is 0 Å². The average Bonchev–Trinajstić information content (AvgIpc) is 2.08. The van der Waals surface area contributed by atoms with Gasteiger partial charge in [-0.2, -0.15) is 0 Å². The summed E-state index contributed by atoms with van der Waals surface area (Å²) in [5.41, 5.74) is 2.26. The zero-order chi connectivity index (χ0) is 9.68. The van der Waals surface area contributed by atoms with Crippen molar-refractivity contribution in [3.8, 4) is 0 Å². The van der Waals surface area contributed by atoms with Gasteiger partial charge in [-0.05, 0) is 31.5 Å². The maximum absolute atomic E-state index is 12.5. The van der Waals surface area contributed by atoms with Gasteiger partial charge < -0.3 is 0 Å². The van der Waals surface area contributed by atoms with Gasteiger partial charge in [-0.25, -0.2) is 4.39 Å². The predicted molar refractivity (Wildman–Crippen MR) is 54.9 cm³/mol. The molecule has 0 atom stereocenters. The molecule has 1 rings (SSSR count). The van der Waals surface area contributed by atoms with Crippen molar-refractivity contribution >= 4 is 6.08 Å². The first-order chi connectivity index (χ1) is 6.18. The lowest BCUT2D eigenvalue weighted by molar-refractivity contribution is 0.628. The summed E-state index contributed by atoms with van der Waals surface area (Å²) in [6.45, 7) is 4.07. The van der Waals surface area contributed by atoms with Crippen molar-refractivity contribution in [1.29, 1.82) is 0 Å². The smallest absolute Gasteiger partial charge is 0.123 e. The van der Waals surface area contributed by atoms with E-state index in [0.29, 0.717) is 0 Å². The zero-order valence-electron chi connectivity index (χ0n) is 7.92. The Balaban J connectivity index is 2.70. The van der Waals surface area contributed by atoms with Gasteiger partial charge in [0.25, 0.3) is 0 Å². The first kappa shape index (κ1) is 9.72. The van der Waals surface area contributed by atoms with Gasteiger partial charge in [-0.1, -0.05) is 35.9 Å². The molecule has 0 unspecified atom stereocenters. The van der Waals surface area contributed by atoms with Crippen molar-refractivity contribution in [1.82, 2.24) is 0 Å². The topological polar surface area (TPSA) is 0 Å². The first-order valence-electron chi connectivity index (χ1n) is 4.25. The monoisotopic (exact) mass is 176 g/mol. The quantitative estimate of drug-likeness (QED) is 0.601. The maximum Gasteiger partial charge on any atom is 0.123 e. The fraction of sp³-hybridized carbons (Fsp3) is 0.167. The van der Waals surface area contributed by atoms with Crippen molar-refractivity contribution in [3.05, 3.63) is 53.4 Å². The summed E-state index contributed by atoms with van der Waals surface area (Å²) in [5.74, 6) is -0.195. The Labute approximate surface area is 78.4 Å². The molecule has 0 saturated heterocycles. The fourth-order valence-corrected chi connectivity index (χ4v) is 0.926. The summed E-state index contributed by atoms with van der Waals surface area (Å²) in [7, 11) is 0. The number of benzene rings is 1. The van der Waals surface area contributed by atoms with Crippen molar-refractivity contribution in [3.63, 3.8) is 0 Å². The summed E-state index contributed by atoms with van der Waals surface area (Å²) >= 11 is 0. The predicted octanol–water partition coefficient (Wildman–Crippen LogP) is 3.81. The second-order valence-electron chi connectivity index (χ2n) is 3.15. The molecule has 0 nitrogen and oxygen atoms in total. The molecule has 1 heteroatoms. The van der Waals surface area contributed by atoms with E-state index in [4.69, 9.17) is 0 Å². The van der Waals surface area contributed by atoms with E-state index in [0.717, 1.165) is 5.56 Å². The Morgan fingerprint density at radius 2 is 1.77 bits per heavy atom. The summed E-state index contributed by atoms with van der Waals surface area (Å²) in [6.07, 6.45) is 5.93. The Hall–Kier alpha value is -1.37. The van der Waals surface area contributed by atoms with Gasteiger partial charge in [0, 0.05) is 0 Å². The van der Waals surface area contributed by atoms with Crippen LogP contribution in [-0.4, -0.2) is 0 Å². The molecule has 0 amide bonds. The molecular formula is C12H13F. The minimum Gasteiger partial charge on any atom is -0.207 e. The minimum absolute atomic E-state index is 0.195. The number of allylic oxidation sites excluding steroid dienone is 3. The molecule has 0 spiro atoms. The molecule has 0 aliphatic carbocycles. The molecule has 68 valence electrons. The average molecular weight is 176 g/mol. The van der Waals surface area contributed by atoms with Crippen LogP contribution in [0.4, 0.5) is 4.39 Å². The summed E-state index contributed by atoms with van der Waals surface area (Å²) in [6, 6.07) is 6.43. The van der Waals surface area contributed by atoms with Gasteiger partial charge in [0.2, 0.25) is 0 Å². The number of hydrogen-bond donors (Lipinski definition) is 0. The van der Waals surface area contributed by atoms with E-state index in [1.54, 1.807) is 12.1 Å². The van der Waals surface area contributed by atoms with Crippen LogP contribution in [0.3, 0.4) is 0 Å². The molecule has 0 aromatic heterocycles. The van der Waals surface area contributed by atoms with E-state index < -0.39 is 0 Å². The van der Waals surface area contributed by atoms with Gasteiger partial charge in [-0.15, -0.1) is 0 Å². The molecule has 0 radical (unpaired) electrons. The number of halogens is 1.